The third kappa shape index (κ3) is 2.54. The first kappa shape index (κ1) is 18.2. The second kappa shape index (κ2) is 6.31. The summed E-state index contributed by atoms with van der Waals surface area (Å²) >= 11 is 1.24. The Kier molecular flexibility index (Phi) is 4.43. The second-order valence-electron chi connectivity index (χ2n) is 6.71. The van der Waals surface area contributed by atoms with Crippen LogP contribution in [-0.4, -0.2) is 56.0 Å². The summed E-state index contributed by atoms with van der Waals surface area (Å²) in [4.78, 5) is 48.9. The summed E-state index contributed by atoms with van der Waals surface area (Å²) in [5, 5.41) is 14.2. The van der Waals surface area contributed by atoms with Crippen LogP contribution in [0.15, 0.2) is 30.3 Å². The Hall–Kier alpha value is -2.55. The van der Waals surface area contributed by atoms with Crippen molar-refractivity contribution in [3.05, 3.63) is 35.9 Å². The molecule has 3 amide bonds. The molecule has 2 aliphatic rings. The van der Waals surface area contributed by atoms with E-state index < -0.39 is 33.7 Å². The van der Waals surface area contributed by atoms with Crippen molar-refractivity contribution in [2.45, 2.75) is 42.1 Å². The Labute approximate surface area is 154 Å². The topological polar surface area (TPSA) is 116 Å². The lowest BCUT2D eigenvalue weighted by molar-refractivity contribution is -0.175. The minimum absolute atomic E-state index is 0.127. The molecule has 2 aliphatic heterocycles. The normalized spacial score (nSPS) is 28.7. The lowest BCUT2D eigenvalue weighted by atomic mass is 9.88. The average Bonchev–Trinajstić information content (AvgIpc) is 2.80. The second-order valence-corrected chi connectivity index (χ2v) is 8.45. The molecule has 1 aromatic carbocycles. The number of carboxylic acid groups (broad SMARTS) is 1. The number of amides is 3. The van der Waals surface area contributed by atoms with Gasteiger partial charge in [0.2, 0.25) is 18.0 Å². The van der Waals surface area contributed by atoms with Gasteiger partial charge in [-0.25, -0.2) is 4.79 Å². The summed E-state index contributed by atoms with van der Waals surface area (Å²) in [7, 11) is 0. The molecule has 1 aromatic rings. The van der Waals surface area contributed by atoms with E-state index in [9.17, 15) is 24.3 Å². The van der Waals surface area contributed by atoms with E-state index in [1.807, 2.05) is 30.3 Å². The molecular weight excluding hydrogens is 358 g/mol. The maximum absolute atomic E-state index is 12.6. The zero-order valence-corrected chi connectivity index (χ0v) is 15.1. The molecule has 2 heterocycles. The van der Waals surface area contributed by atoms with Crippen molar-refractivity contribution in [3.8, 4) is 0 Å². The molecule has 9 heteroatoms. The lowest BCUT2D eigenvalue weighted by Gasteiger charge is -2.49. The van der Waals surface area contributed by atoms with Gasteiger partial charge in [0, 0.05) is 0 Å². The molecule has 3 rings (SSSR count). The van der Waals surface area contributed by atoms with E-state index in [0.717, 1.165) is 10.5 Å². The van der Waals surface area contributed by atoms with Crippen LogP contribution < -0.4 is 10.6 Å². The van der Waals surface area contributed by atoms with E-state index in [1.54, 1.807) is 13.8 Å². The minimum Gasteiger partial charge on any atom is -0.478 e. The highest BCUT2D eigenvalue weighted by Gasteiger charge is 2.73. The number of hydrogen-bond donors (Lipinski definition) is 3. The largest absolute Gasteiger partial charge is 0.478 e. The first-order valence-corrected chi connectivity index (χ1v) is 8.91. The van der Waals surface area contributed by atoms with Gasteiger partial charge in [0.25, 0.3) is 5.91 Å². The lowest BCUT2D eigenvalue weighted by Crippen LogP contribution is -2.79. The molecule has 3 N–H and O–H groups in total. The fourth-order valence-corrected chi connectivity index (χ4v) is 5.21. The van der Waals surface area contributed by atoms with E-state index in [4.69, 9.17) is 0 Å². The van der Waals surface area contributed by atoms with Gasteiger partial charge in [-0.2, -0.15) is 0 Å². The number of carbonyl (C=O) groups is 4. The van der Waals surface area contributed by atoms with Crippen molar-refractivity contribution in [2.24, 2.45) is 0 Å². The third-order valence-corrected chi connectivity index (χ3v) is 6.40. The molecule has 0 unspecified atom stereocenters. The molecule has 0 aliphatic carbocycles. The molecule has 2 saturated heterocycles. The minimum atomic E-state index is -1.85. The van der Waals surface area contributed by atoms with Crippen LogP contribution >= 0.6 is 11.8 Å². The molecule has 0 spiro atoms. The quantitative estimate of drug-likeness (QED) is 0.472. The van der Waals surface area contributed by atoms with Crippen LogP contribution in [0.5, 0.6) is 0 Å². The van der Waals surface area contributed by atoms with Crippen LogP contribution in [0.4, 0.5) is 0 Å². The third-order valence-electron chi connectivity index (χ3n) is 4.79. The molecular formula is C17H19N3O5S. The highest BCUT2D eigenvalue weighted by atomic mass is 32.2. The van der Waals surface area contributed by atoms with Crippen molar-refractivity contribution >= 4 is 36.0 Å². The van der Waals surface area contributed by atoms with E-state index in [2.05, 4.69) is 10.6 Å². The van der Waals surface area contributed by atoms with E-state index >= 15 is 0 Å². The van der Waals surface area contributed by atoms with Crippen LogP contribution in [0.3, 0.4) is 0 Å². The van der Waals surface area contributed by atoms with Gasteiger partial charge >= 0.3 is 5.97 Å². The molecule has 26 heavy (non-hydrogen) atoms. The summed E-state index contributed by atoms with van der Waals surface area (Å²) in [6, 6.07) is 8.29. The number of aliphatic carboxylic acids is 1. The van der Waals surface area contributed by atoms with Gasteiger partial charge < -0.3 is 15.7 Å². The monoisotopic (exact) mass is 377 g/mol. The van der Waals surface area contributed by atoms with Gasteiger partial charge in [0.1, 0.15) is 11.4 Å². The number of nitrogens with zero attached hydrogens (tertiary/aromatic N) is 1. The molecule has 0 radical (unpaired) electrons. The summed E-state index contributed by atoms with van der Waals surface area (Å²) in [6.07, 6.45) is 0.412. The van der Waals surface area contributed by atoms with Gasteiger partial charge in [-0.3, -0.25) is 19.3 Å². The average molecular weight is 377 g/mol. The molecule has 2 fully saturated rings. The fourth-order valence-electron chi connectivity index (χ4n) is 3.51. The maximum atomic E-state index is 12.6. The molecule has 0 saturated carbocycles. The first-order chi connectivity index (χ1) is 12.2. The summed E-state index contributed by atoms with van der Waals surface area (Å²) in [6.45, 7) is 3.30. The Morgan fingerprint density at radius 3 is 2.54 bits per heavy atom. The van der Waals surface area contributed by atoms with Crippen molar-refractivity contribution in [2.75, 3.05) is 0 Å². The number of hydrogen-bond acceptors (Lipinski definition) is 5. The smallest absolute Gasteiger partial charge is 0.352 e. The molecule has 0 aromatic heterocycles. The Morgan fingerprint density at radius 2 is 1.96 bits per heavy atom. The first-order valence-electron chi connectivity index (χ1n) is 8.03. The number of carbonyl (C=O) groups excluding carboxylic acids is 3. The van der Waals surface area contributed by atoms with Crippen molar-refractivity contribution in [1.82, 2.24) is 15.5 Å². The maximum Gasteiger partial charge on any atom is 0.352 e. The fraction of sp³-hybridized carbons (Fsp3) is 0.412. The van der Waals surface area contributed by atoms with Gasteiger partial charge in [-0.15, -0.1) is 11.8 Å². The Balaban J connectivity index is 1.77. The number of benzene rings is 1. The van der Waals surface area contributed by atoms with Gasteiger partial charge in [-0.05, 0) is 19.4 Å². The van der Waals surface area contributed by atoms with E-state index in [1.165, 1.54) is 11.8 Å². The standard InChI is InChI=1S/C17H19N3O5S/c1-16(2)17(15(24)25,18-9-21)20-13(23)12(14(20)26-16)19-11(22)8-10-6-4-3-5-7-10/h3-7,9,12,14H,8H2,1-2H3,(H,18,21)(H,19,22)(H,24,25)/t12-,14+,17-/m0/s1. The van der Waals surface area contributed by atoms with Crippen LogP contribution in [0.2, 0.25) is 0 Å². The van der Waals surface area contributed by atoms with Gasteiger partial charge in [-0.1, -0.05) is 30.3 Å². The predicted molar refractivity (Wildman–Crippen MR) is 93.9 cm³/mol. The number of thioether (sulfide) groups is 1. The number of nitrogens with one attached hydrogen (secondary N) is 2. The Bertz CT molecular complexity index is 769. The molecule has 8 nitrogen and oxygen atoms in total. The molecule has 138 valence electrons. The van der Waals surface area contributed by atoms with Crippen molar-refractivity contribution < 1.29 is 24.3 Å². The van der Waals surface area contributed by atoms with E-state index in [0.29, 0.717) is 0 Å². The summed E-state index contributed by atoms with van der Waals surface area (Å²) in [5.41, 5.74) is -1.03. The summed E-state index contributed by atoms with van der Waals surface area (Å²) in [5.74, 6) is -2.15. The van der Waals surface area contributed by atoms with Crippen LogP contribution in [0.1, 0.15) is 19.4 Å². The van der Waals surface area contributed by atoms with Crippen molar-refractivity contribution in [3.63, 3.8) is 0 Å². The Morgan fingerprint density at radius 1 is 1.31 bits per heavy atom. The van der Waals surface area contributed by atoms with Crippen LogP contribution in [-0.2, 0) is 25.6 Å². The number of fused-ring (bicyclic) bond motifs is 1. The number of β-lactam (4-membered cyclic amide) rings is 1. The number of carboxylic acids is 1. The highest BCUT2D eigenvalue weighted by molar-refractivity contribution is 8.01. The highest BCUT2D eigenvalue weighted by Crippen LogP contribution is 2.55. The SMILES string of the molecule is CC1(C)S[C@@H]2[C@@H](NC(=O)Cc3ccccc3)C(=O)N2[C@@]1(NC=O)C(=O)O. The molecule has 3 atom stereocenters. The molecule has 0 bridgehead atoms. The van der Waals surface area contributed by atoms with Crippen LogP contribution in [0.25, 0.3) is 0 Å². The zero-order valence-electron chi connectivity index (χ0n) is 14.3. The van der Waals surface area contributed by atoms with Crippen molar-refractivity contribution in [1.29, 1.82) is 0 Å². The number of rotatable bonds is 6. The van der Waals surface area contributed by atoms with E-state index in [-0.39, 0.29) is 18.7 Å². The van der Waals surface area contributed by atoms with Crippen LogP contribution in [0, 0.1) is 0 Å². The summed E-state index contributed by atoms with van der Waals surface area (Å²) < 4.78 is -0.973. The van der Waals surface area contributed by atoms with Gasteiger partial charge in [0.05, 0.1) is 11.2 Å². The zero-order chi connectivity index (χ0) is 19.1. The van der Waals surface area contributed by atoms with Gasteiger partial charge in [0.15, 0.2) is 0 Å². The predicted octanol–water partition coefficient (Wildman–Crippen LogP) is -0.0655.